The molecule has 0 unspecified atom stereocenters. The van der Waals surface area contributed by atoms with Crippen LogP contribution >= 0.6 is 0 Å². The number of carbonyl (C=O) groups excluding carboxylic acids is 1. The molecule has 8 nitrogen and oxygen atoms in total. The van der Waals surface area contributed by atoms with Gasteiger partial charge in [-0.05, 0) is 13.8 Å². The van der Waals surface area contributed by atoms with Crippen LogP contribution < -0.4 is 9.67 Å². The van der Waals surface area contributed by atoms with E-state index in [2.05, 4.69) is 9.98 Å². The van der Waals surface area contributed by atoms with Crippen LogP contribution in [0.2, 0.25) is 0 Å². The third kappa shape index (κ3) is 4.75. The first-order chi connectivity index (χ1) is 19.8. The number of allylic oxidation sites excluding steroid dienone is 10. The fourth-order valence-corrected chi connectivity index (χ4v) is 4.28. The van der Waals surface area contributed by atoms with Crippen LogP contribution in [0.5, 0.6) is 0 Å². The van der Waals surface area contributed by atoms with Crippen LogP contribution in [0.4, 0.5) is 35.1 Å². The molecule has 0 saturated carbocycles. The molecule has 0 fully saturated rings. The Bertz CT molecular complexity index is 1630. The monoisotopic (exact) mass is 600 g/mol. The summed E-state index contributed by atoms with van der Waals surface area (Å²) in [6.07, 6.45) is 5.62. The number of halogens is 8. The number of rotatable bonds is 4. The molecule has 2 heterocycles. The molecule has 4 rings (SSSR count). The van der Waals surface area contributed by atoms with Gasteiger partial charge in [-0.3, -0.25) is 9.79 Å². The number of aliphatic imine (C=N–C) groups is 2. The minimum absolute atomic E-state index is 0.206. The number of nitrogens with zero attached hydrogens (tertiary/aromatic N) is 6. The number of hydrogen-bond donors (Lipinski definition) is 0. The van der Waals surface area contributed by atoms with E-state index in [4.69, 9.17) is 0 Å². The van der Waals surface area contributed by atoms with Crippen molar-refractivity contribution in [3.8, 4) is 0 Å². The zero-order valence-corrected chi connectivity index (χ0v) is 22.2. The zero-order chi connectivity index (χ0) is 31.2. The molecule has 0 bridgehead atoms. The van der Waals surface area contributed by atoms with E-state index in [1.54, 1.807) is 13.8 Å². The summed E-state index contributed by atoms with van der Waals surface area (Å²) in [6, 6.07) is 0. The van der Waals surface area contributed by atoms with E-state index in [1.807, 2.05) is 0 Å². The average Bonchev–Trinajstić information content (AvgIpc) is 3.54. The Labute approximate surface area is 232 Å². The highest BCUT2D eigenvalue weighted by molar-refractivity contribution is 6.18. The molecule has 16 heteroatoms. The Morgan fingerprint density at radius 2 is 1.26 bits per heavy atom. The second kappa shape index (κ2) is 11.3. The van der Waals surface area contributed by atoms with Crippen molar-refractivity contribution in [2.45, 2.75) is 20.4 Å². The van der Waals surface area contributed by atoms with Crippen LogP contribution in [0, 0.1) is 0 Å². The maximum atomic E-state index is 15.0. The Balaban J connectivity index is 1.86. The summed E-state index contributed by atoms with van der Waals surface area (Å²) in [5.41, 5.74) is -7.88. The number of aryl methyl sites for hydroxylation is 2. The second-order valence-corrected chi connectivity index (χ2v) is 8.83. The minimum Gasteiger partial charge on any atom is -0.856 e. The van der Waals surface area contributed by atoms with Crippen molar-refractivity contribution in [2.24, 2.45) is 17.0 Å². The Morgan fingerprint density at radius 1 is 0.786 bits per heavy atom. The van der Waals surface area contributed by atoms with Crippen LogP contribution in [0.25, 0.3) is 0 Å². The van der Waals surface area contributed by atoms with Crippen molar-refractivity contribution in [3.63, 3.8) is 0 Å². The molecule has 1 amide bonds. The molecule has 0 radical (unpaired) electrons. The zero-order valence-electron chi connectivity index (χ0n) is 22.2. The summed E-state index contributed by atoms with van der Waals surface area (Å²) in [5, 5.41) is 12.6. The van der Waals surface area contributed by atoms with Crippen LogP contribution in [0.15, 0.2) is 104 Å². The number of imidazole rings is 1. The van der Waals surface area contributed by atoms with Gasteiger partial charge in [0.2, 0.25) is 0 Å². The lowest BCUT2D eigenvalue weighted by atomic mass is 9.93. The fraction of sp³-hybridized carbons (Fsp3) is 0.231. The third-order valence-corrected chi connectivity index (χ3v) is 6.37. The van der Waals surface area contributed by atoms with E-state index in [9.17, 15) is 27.5 Å². The van der Waals surface area contributed by atoms with E-state index >= 15 is 17.6 Å². The minimum atomic E-state index is -2.50. The summed E-state index contributed by atoms with van der Waals surface area (Å²) in [4.78, 5) is 21.3. The largest absolute Gasteiger partial charge is 0.856 e. The summed E-state index contributed by atoms with van der Waals surface area (Å²) in [6.45, 7) is 3.64. The van der Waals surface area contributed by atoms with Crippen LogP contribution in [0.1, 0.15) is 24.5 Å². The van der Waals surface area contributed by atoms with Gasteiger partial charge < -0.3 is 14.9 Å². The van der Waals surface area contributed by atoms with Crippen molar-refractivity contribution >= 4 is 17.3 Å². The van der Waals surface area contributed by atoms with E-state index in [0.29, 0.717) is 0 Å². The van der Waals surface area contributed by atoms with E-state index in [1.165, 1.54) is 57.8 Å². The lowest BCUT2D eigenvalue weighted by Crippen LogP contribution is -2.35. The maximum Gasteiger partial charge on any atom is 0.360 e. The molecule has 42 heavy (non-hydrogen) atoms. The molecular formula is C26H20F8N6O2. The normalized spacial score (nSPS) is 19.3. The fourth-order valence-electron chi connectivity index (χ4n) is 4.28. The average molecular weight is 600 g/mol. The Morgan fingerprint density at radius 3 is 1.71 bits per heavy atom. The van der Waals surface area contributed by atoms with Crippen LogP contribution in [-0.4, -0.2) is 45.3 Å². The number of carbonyl (C=O) groups is 1. The Hall–Kier alpha value is -4.76. The highest BCUT2D eigenvalue weighted by atomic mass is 19.2. The first kappa shape index (κ1) is 30.2. The summed E-state index contributed by atoms with van der Waals surface area (Å²) in [5.74, 6) is -22.6. The molecule has 2 aliphatic carbocycles. The van der Waals surface area contributed by atoms with E-state index < -0.39 is 81.0 Å². The maximum absolute atomic E-state index is 15.0. The second-order valence-electron chi connectivity index (χ2n) is 8.83. The molecule has 1 aromatic heterocycles. The molecule has 0 N–H and O–H groups in total. The number of aromatic nitrogens is 2. The predicted molar refractivity (Wildman–Crippen MR) is 131 cm³/mol. The van der Waals surface area contributed by atoms with Gasteiger partial charge in [0.15, 0.2) is 46.6 Å². The SMILES string of the molecule is CCN1C=CN(C)/C1=C(\[O-])N=C1C(F)=C(F)C(=C2C(F)=C(F)C(=NC(=O)c3n(CC)cc[n+]3C)C(F)=C2F)C(F)=C1F. The third-order valence-electron chi connectivity index (χ3n) is 6.37. The first-order valence-electron chi connectivity index (χ1n) is 12.1. The van der Waals surface area contributed by atoms with Crippen molar-refractivity contribution in [1.82, 2.24) is 14.4 Å². The predicted octanol–water partition coefficient (Wildman–Crippen LogP) is 4.51. The van der Waals surface area contributed by atoms with Gasteiger partial charge in [-0.2, -0.15) is 4.99 Å². The van der Waals surface area contributed by atoms with Gasteiger partial charge in [0.05, 0.1) is 24.7 Å². The molecule has 1 aromatic rings. The van der Waals surface area contributed by atoms with Gasteiger partial charge in [0.25, 0.3) is 0 Å². The van der Waals surface area contributed by atoms with E-state index in [0.717, 1.165) is 0 Å². The molecule has 0 saturated heterocycles. The van der Waals surface area contributed by atoms with Crippen molar-refractivity contribution < 1.29 is 49.6 Å². The summed E-state index contributed by atoms with van der Waals surface area (Å²) < 4.78 is 122. The summed E-state index contributed by atoms with van der Waals surface area (Å²) >= 11 is 0. The topological polar surface area (TPSA) is 80.1 Å². The van der Waals surface area contributed by atoms with Crippen LogP contribution in [0.3, 0.4) is 0 Å². The number of amides is 1. The van der Waals surface area contributed by atoms with Gasteiger partial charge in [0.1, 0.15) is 29.6 Å². The molecule has 222 valence electrons. The van der Waals surface area contributed by atoms with Crippen molar-refractivity contribution in [1.29, 1.82) is 0 Å². The summed E-state index contributed by atoms with van der Waals surface area (Å²) in [7, 11) is 2.76. The van der Waals surface area contributed by atoms with E-state index in [-0.39, 0.29) is 24.7 Å². The quantitative estimate of drug-likeness (QED) is 0.290. The highest BCUT2D eigenvalue weighted by Gasteiger charge is 2.42. The molecule has 1 aliphatic heterocycles. The molecule has 0 aromatic carbocycles. The smallest absolute Gasteiger partial charge is 0.360 e. The first-order valence-corrected chi connectivity index (χ1v) is 12.1. The molecule has 0 atom stereocenters. The molecule has 0 spiro atoms. The van der Waals surface area contributed by atoms with Gasteiger partial charge in [0, 0.05) is 31.9 Å². The van der Waals surface area contributed by atoms with Gasteiger partial charge in [-0.25, -0.2) is 44.3 Å². The van der Waals surface area contributed by atoms with Gasteiger partial charge in [-0.1, -0.05) is 0 Å². The number of hydrogen-bond acceptors (Lipinski definition) is 5. The van der Waals surface area contributed by atoms with Crippen molar-refractivity contribution in [3.05, 3.63) is 100 Å². The lowest BCUT2D eigenvalue weighted by molar-refractivity contribution is -0.672. The molecular weight excluding hydrogens is 580 g/mol. The molecule has 3 aliphatic rings. The van der Waals surface area contributed by atoms with Gasteiger partial charge in [-0.15, -0.1) is 0 Å². The standard InChI is InChI=1S/C26H20F8N6O2/c1-5-39-9-7-37(3)25(39)23(41)35-21-17(31)13(27)11(14(28)18(21)32)12-15(29)19(33)22(20(34)16(12)30)36-24(42)26-38(4)8-10-40(26)6-2/h7-10H,5-6H2,1-4H3/b12-11?,25-23+,35-21?,36-22?. The lowest BCUT2D eigenvalue weighted by Gasteiger charge is -2.26. The highest BCUT2D eigenvalue weighted by Crippen LogP contribution is 2.46. The van der Waals surface area contributed by atoms with Crippen molar-refractivity contribution in [2.75, 3.05) is 13.6 Å². The Kier molecular flexibility index (Phi) is 8.09. The van der Waals surface area contributed by atoms with Crippen LogP contribution in [-0.2, 0) is 13.6 Å². The van der Waals surface area contributed by atoms with Gasteiger partial charge >= 0.3 is 11.7 Å².